The van der Waals surface area contributed by atoms with Gasteiger partial charge in [0.15, 0.2) is 3.79 Å². The molecule has 0 spiro atoms. The van der Waals surface area contributed by atoms with E-state index in [1.807, 2.05) is 24.3 Å². The SMILES string of the molecule is CCCCCCCCC(c1ccccc1CCC#N)C(Cl)(Cl)Cl. The number of benzene rings is 1. The Morgan fingerprint density at radius 3 is 2.35 bits per heavy atom. The fourth-order valence-corrected chi connectivity index (χ4v) is 3.60. The Kier molecular flexibility index (Phi) is 10.0. The van der Waals surface area contributed by atoms with Crippen molar-refractivity contribution in [3.63, 3.8) is 0 Å². The first kappa shape index (κ1) is 20.6. The molecule has 1 aromatic carbocycles. The Labute approximate surface area is 155 Å². The lowest BCUT2D eigenvalue weighted by Crippen LogP contribution is -2.19. The topological polar surface area (TPSA) is 23.8 Å². The Bertz CT molecular complexity index is 488. The van der Waals surface area contributed by atoms with Gasteiger partial charge in [-0.2, -0.15) is 5.26 Å². The summed E-state index contributed by atoms with van der Waals surface area (Å²) in [6.45, 7) is 2.22. The molecule has 0 saturated heterocycles. The summed E-state index contributed by atoms with van der Waals surface area (Å²) in [5.74, 6) is -0.117. The Balaban J connectivity index is 2.73. The zero-order valence-corrected chi connectivity index (χ0v) is 16.1. The van der Waals surface area contributed by atoms with E-state index in [9.17, 15) is 0 Å². The first-order chi connectivity index (χ1) is 11.0. The second kappa shape index (κ2) is 11.2. The van der Waals surface area contributed by atoms with E-state index in [0.717, 1.165) is 24.0 Å². The van der Waals surface area contributed by atoms with E-state index >= 15 is 0 Å². The average molecular weight is 375 g/mol. The highest BCUT2D eigenvalue weighted by molar-refractivity contribution is 6.68. The molecule has 128 valence electrons. The molecular formula is C19H26Cl3N. The van der Waals surface area contributed by atoms with E-state index in [-0.39, 0.29) is 5.92 Å². The van der Waals surface area contributed by atoms with Crippen LogP contribution in [0.3, 0.4) is 0 Å². The number of nitriles is 1. The van der Waals surface area contributed by atoms with Gasteiger partial charge in [0.25, 0.3) is 0 Å². The number of nitrogens with zero attached hydrogens (tertiary/aromatic N) is 1. The van der Waals surface area contributed by atoms with Gasteiger partial charge < -0.3 is 0 Å². The summed E-state index contributed by atoms with van der Waals surface area (Å²) in [7, 11) is 0. The minimum absolute atomic E-state index is 0.117. The summed E-state index contributed by atoms with van der Waals surface area (Å²) in [5.41, 5.74) is 2.20. The van der Waals surface area contributed by atoms with Crippen LogP contribution < -0.4 is 0 Å². The maximum atomic E-state index is 8.83. The lowest BCUT2D eigenvalue weighted by Gasteiger charge is -2.27. The number of alkyl halides is 3. The van der Waals surface area contributed by atoms with E-state index in [2.05, 4.69) is 13.0 Å². The molecule has 1 rings (SSSR count). The van der Waals surface area contributed by atoms with Crippen LogP contribution in [0, 0.1) is 11.3 Å². The van der Waals surface area contributed by atoms with Crippen molar-refractivity contribution in [3.05, 3.63) is 35.4 Å². The minimum Gasteiger partial charge on any atom is -0.198 e. The van der Waals surface area contributed by atoms with Crippen LogP contribution in [-0.2, 0) is 6.42 Å². The van der Waals surface area contributed by atoms with Gasteiger partial charge in [0.2, 0.25) is 0 Å². The van der Waals surface area contributed by atoms with Crippen LogP contribution in [-0.4, -0.2) is 3.79 Å². The van der Waals surface area contributed by atoms with Crippen LogP contribution in [0.1, 0.15) is 75.3 Å². The van der Waals surface area contributed by atoms with Gasteiger partial charge in [-0.15, -0.1) is 0 Å². The Morgan fingerprint density at radius 2 is 1.70 bits per heavy atom. The van der Waals surface area contributed by atoms with Gasteiger partial charge in [-0.25, -0.2) is 0 Å². The van der Waals surface area contributed by atoms with E-state index in [1.54, 1.807) is 0 Å². The molecule has 0 heterocycles. The standard InChI is InChI=1S/C19H26Cl3N/c1-2-3-4-5-6-7-14-18(19(20,21)22)17-13-9-8-11-16(17)12-10-15-23/h8-9,11,13,18H,2-7,10,12,14H2,1H3. The van der Waals surface area contributed by atoms with Crippen LogP contribution in [0.5, 0.6) is 0 Å². The number of unbranched alkanes of at least 4 members (excludes halogenated alkanes) is 5. The highest BCUT2D eigenvalue weighted by Gasteiger charge is 2.34. The summed E-state index contributed by atoms with van der Waals surface area (Å²) in [6, 6.07) is 10.2. The second-order valence-corrected chi connectivity index (χ2v) is 8.38. The smallest absolute Gasteiger partial charge is 0.197 e. The number of hydrogen-bond donors (Lipinski definition) is 0. The summed E-state index contributed by atoms with van der Waals surface area (Å²) in [6.07, 6.45) is 9.39. The molecule has 1 atom stereocenters. The van der Waals surface area contributed by atoms with Crippen LogP contribution in [0.25, 0.3) is 0 Å². The zero-order valence-electron chi connectivity index (χ0n) is 13.8. The molecule has 23 heavy (non-hydrogen) atoms. The highest BCUT2D eigenvalue weighted by Crippen LogP contribution is 2.45. The highest BCUT2D eigenvalue weighted by atomic mass is 35.6. The molecule has 0 aromatic heterocycles. The molecule has 0 aliphatic rings. The van der Waals surface area contributed by atoms with Crippen molar-refractivity contribution in [1.82, 2.24) is 0 Å². The van der Waals surface area contributed by atoms with Crippen LogP contribution in [0.2, 0.25) is 0 Å². The average Bonchev–Trinajstić information content (AvgIpc) is 2.51. The van der Waals surface area contributed by atoms with Gasteiger partial charge in [0.05, 0.1) is 6.07 Å². The first-order valence-corrected chi connectivity index (χ1v) is 9.65. The van der Waals surface area contributed by atoms with E-state index in [1.165, 1.54) is 32.1 Å². The van der Waals surface area contributed by atoms with Crippen LogP contribution in [0.4, 0.5) is 0 Å². The quantitative estimate of drug-likeness (QED) is 0.310. The maximum absolute atomic E-state index is 8.83. The molecule has 0 fully saturated rings. The largest absolute Gasteiger partial charge is 0.198 e. The van der Waals surface area contributed by atoms with E-state index in [4.69, 9.17) is 40.1 Å². The Morgan fingerprint density at radius 1 is 1.04 bits per heavy atom. The number of rotatable bonds is 10. The summed E-state index contributed by atoms with van der Waals surface area (Å²) in [5, 5.41) is 8.83. The van der Waals surface area contributed by atoms with Crippen LogP contribution in [0.15, 0.2) is 24.3 Å². The number of aryl methyl sites for hydroxylation is 1. The van der Waals surface area contributed by atoms with Gasteiger partial charge >= 0.3 is 0 Å². The van der Waals surface area contributed by atoms with Crippen molar-refractivity contribution in [2.75, 3.05) is 0 Å². The van der Waals surface area contributed by atoms with Crippen molar-refractivity contribution in [3.8, 4) is 6.07 Å². The summed E-state index contributed by atoms with van der Waals surface area (Å²) < 4.78 is -1.31. The molecule has 0 amide bonds. The van der Waals surface area contributed by atoms with Crippen molar-refractivity contribution >= 4 is 34.8 Å². The van der Waals surface area contributed by atoms with Gasteiger partial charge in [-0.1, -0.05) is 105 Å². The van der Waals surface area contributed by atoms with E-state index in [0.29, 0.717) is 12.8 Å². The van der Waals surface area contributed by atoms with Gasteiger partial charge in [0.1, 0.15) is 0 Å². The fraction of sp³-hybridized carbons (Fsp3) is 0.632. The predicted molar refractivity (Wildman–Crippen MR) is 101 cm³/mol. The Hall–Kier alpha value is -0.420. The minimum atomic E-state index is -1.31. The van der Waals surface area contributed by atoms with E-state index < -0.39 is 3.79 Å². The monoisotopic (exact) mass is 373 g/mol. The molecule has 0 aliphatic carbocycles. The predicted octanol–water partition coefficient (Wildman–Crippen LogP) is 7.35. The van der Waals surface area contributed by atoms with Crippen LogP contribution >= 0.6 is 34.8 Å². The van der Waals surface area contributed by atoms with Crippen molar-refractivity contribution in [2.24, 2.45) is 0 Å². The lowest BCUT2D eigenvalue weighted by molar-refractivity contribution is 0.540. The molecule has 1 unspecified atom stereocenters. The molecule has 1 aromatic rings. The third-order valence-corrected chi connectivity index (χ3v) is 4.97. The van der Waals surface area contributed by atoms with Gasteiger partial charge in [0, 0.05) is 12.3 Å². The van der Waals surface area contributed by atoms with Crippen molar-refractivity contribution in [2.45, 2.75) is 74.4 Å². The second-order valence-electron chi connectivity index (χ2n) is 6.01. The first-order valence-electron chi connectivity index (χ1n) is 8.52. The molecule has 0 N–H and O–H groups in total. The summed E-state index contributed by atoms with van der Waals surface area (Å²) in [4.78, 5) is 0. The number of hydrogen-bond acceptors (Lipinski definition) is 1. The van der Waals surface area contributed by atoms with Gasteiger partial charge in [-0.3, -0.25) is 0 Å². The summed E-state index contributed by atoms with van der Waals surface area (Å²) >= 11 is 18.8. The molecular weight excluding hydrogens is 349 g/mol. The van der Waals surface area contributed by atoms with Gasteiger partial charge in [-0.05, 0) is 24.0 Å². The zero-order chi connectivity index (χ0) is 17.1. The molecule has 0 radical (unpaired) electrons. The molecule has 0 aliphatic heterocycles. The van der Waals surface area contributed by atoms with Crippen molar-refractivity contribution < 1.29 is 0 Å². The molecule has 4 heteroatoms. The third-order valence-electron chi connectivity index (χ3n) is 4.18. The third kappa shape index (κ3) is 7.79. The normalized spacial score (nSPS) is 12.8. The number of halogens is 3. The molecule has 1 nitrogen and oxygen atoms in total. The van der Waals surface area contributed by atoms with Crippen molar-refractivity contribution in [1.29, 1.82) is 5.26 Å². The molecule has 0 bridgehead atoms. The lowest BCUT2D eigenvalue weighted by atomic mass is 9.89. The molecule has 0 saturated carbocycles. The fourth-order valence-electron chi connectivity index (χ4n) is 2.92. The maximum Gasteiger partial charge on any atom is 0.197 e.